The summed E-state index contributed by atoms with van der Waals surface area (Å²) in [5.74, 6) is 1.27. The Morgan fingerprint density at radius 1 is 0.893 bits per heavy atom. The van der Waals surface area contributed by atoms with Crippen LogP contribution in [0, 0.1) is 0 Å². The number of hydrogen-bond acceptors (Lipinski definition) is 3. The highest BCUT2D eigenvalue weighted by atomic mass is 35.5. The summed E-state index contributed by atoms with van der Waals surface area (Å²) < 4.78 is 11.8. The van der Waals surface area contributed by atoms with Crippen molar-refractivity contribution in [2.45, 2.75) is 33.0 Å². The first-order valence-corrected chi connectivity index (χ1v) is 9.95. The maximum absolute atomic E-state index is 6.54. The van der Waals surface area contributed by atoms with Gasteiger partial charge >= 0.3 is 0 Å². The van der Waals surface area contributed by atoms with Crippen molar-refractivity contribution < 1.29 is 9.47 Å². The standard InChI is InChI=1S/C24H26ClNO2/c1-3-27-23-15-20(16-26-18(2)21-12-8-5-9-13-21)14-22(25)24(23)28-17-19-10-6-4-7-11-19/h4-15,18,26H,3,16-17H2,1-2H3/t18-/m1/s1. The molecule has 0 unspecified atom stereocenters. The zero-order chi connectivity index (χ0) is 19.8. The number of halogens is 1. The summed E-state index contributed by atoms with van der Waals surface area (Å²) in [6.07, 6.45) is 0. The molecule has 0 aromatic heterocycles. The molecule has 0 aliphatic heterocycles. The topological polar surface area (TPSA) is 30.5 Å². The third-order valence-electron chi connectivity index (χ3n) is 4.51. The van der Waals surface area contributed by atoms with Crippen molar-refractivity contribution in [1.29, 1.82) is 0 Å². The normalized spacial score (nSPS) is 11.8. The lowest BCUT2D eigenvalue weighted by molar-refractivity contribution is 0.269. The molecular weight excluding hydrogens is 370 g/mol. The van der Waals surface area contributed by atoms with Gasteiger partial charge in [0.15, 0.2) is 11.5 Å². The Hall–Kier alpha value is -2.49. The highest BCUT2D eigenvalue weighted by Gasteiger charge is 2.14. The van der Waals surface area contributed by atoms with Gasteiger partial charge in [0.05, 0.1) is 11.6 Å². The van der Waals surface area contributed by atoms with Crippen LogP contribution in [0.4, 0.5) is 0 Å². The van der Waals surface area contributed by atoms with Crippen LogP contribution in [0.3, 0.4) is 0 Å². The number of nitrogens with one attached hydrogen (secondary N) is 1. The van der Waals surface area contributed by atoms with Crippen molar-refractivity contribution in [3.8, 4) is 11.5 Å². The highest BCUT2D eigenvalue weighted by Crippen LogP contribution is 2.37. The molecular formula is C24H26ClNO2. The number of benzene rings is 3. The number of hydrogen-bond donors (Lipinski definition) is 1. The molecule has 0 radical (unpaired) electrons. The molecule has 146 valence electrons. The predicted octanol–water partition coefficient (Wildman–Crippen LogP) is 6.17. The molecule has 0 spiro atoms. The molecule has 3 aromatic carbocycles. The first kappa shape index (κ1) is 20.2. The lowest BCUT2D eigenvalue weighted by Gasteiger charge is -2.17. The summed E-state index contributed by atoms with van der Waals surface area (Å²) in [5.41, 5.74) is 3.40. The Labute approximate surface area is 172 Å². The molecule has 0 fully saturated rings. The van der Waals surface area contributed by atoms with Gasteiger partial charge in [0.1, 0.15) is 6.61 Å². The van der Waals surface area contributed by atoms with E-state index < -0.39 is 0 Å². The van der Waals surface area contributed by atoms with E-state index in [2.05, 4.69) is 36.5 Å². The summed E-state index contributed by atoms with van der Waals surface area (Å²) in [7, 11) is 0. The third-order valence-corrected chi connectivity index (χ3v) is 4.79. The van der Waals surface area contributed by atoms with Crippen LogP contribution in [-0.4, -0.2) is 6.61 Å². The quantitative estimate of drug-likeness (QED) is 0.470. The van der Waals surface area contributed by atoms with Gasteiger partial charge in [0.2, 0.25) is 0 Å². The number of ether oxygens (including phenoxy) is 2. The summed E-state index contributed by atoms with van der Waals surface area (Å²) in [6.45, 7) is 5.79. The minimum absolute atomic E-state index is 0.240. The van der Waals surface area contributed by atoms with E-state index in [4.69, 9.17) is 21.1 Å². The van der Waals surface area contributed by atoms with Crippen LogP contribution < -0.4 is 14.8 Å². The molecule has 3 nitrogen and oxygen atoms in total. The van der Waals surface area contributed by atoms with E-state index in [0.29, 0.717) is 36.3 Å². The average Bonchev–Trinajstić information content (AvgIpc) is 2.73. The average molecular weight is 396 g/mol. The van der Waals surface area contributed by atoms with E-state index >= 15 is 0 Å². The van der Waals surface area contributed by atoms with Gasteiger partial charge in [-0.15, -0.1) is 0 Å². The van der Waals surface area contributed by atoms with Gasteiger partial charge in [0.25, 0.3) is 0 Å². The van der Waals surface area contributed by atoms with Crippen LogP contribution in [0.25, 0.3) is 0 Å². The van der Waals surface area contributed by atoms with Crippen LogP contribution in [0.2, 0.25) is 5.02 Å². The van der Waals surface area contributed by atoms with Crippen LogP contribution >= 0.6 is 11.6 Å². The molecule has 0 saturated heterocycles. The van der Waals surface area contributed by atoms with Crippen molar-refractivity contribution in [2.24, 2.45) is 0 Å². The van der Waals surface area contributed by atoms with E-state index in [1.807, 2.05) is 55.5 Å². The minimum atomic E-state index is 0.240. The molecule has 4 heteroatoms. The van der Waals surface area contributed by atoms with E-state index in [0.717, 1.165) is 11.1 Å². The van der Waals surface area contributed by atoms with Crippen LogP contribution in [0.15, 0.2) is 72.8 Å². The zero-order valence-corrected chi connectivity index (χ0v) is 17.1. The fourth-order valence-corrected chi connectivity index (χ4v) is 3.27. The largest absolute Gasteiger partial charge is 0.490 e. The van der Waals surface area contributed by atoms with Crippen molar-refractivity contribution in [2.75, 3.05) is 6.61 Å². The second kappa shape index (κ2) is 10.2. The number of rotatable bonds is 9. The smallest absolute Gasteiger partial charge is 0.180 e. The van der Waals surface area contributed by atoms with Gasteiger partial charge in [-0.25, -0.2) is 0 Å². The lowest BCUT2D eigenvalue weighted by Crippen LogP contribution is -2.18. The van der Waals surface area contributed by atoms with Gasteiger partial charge in [-0.1, -0.05) is 72.3 Å². The second-order valence-corrected chi connectivity index (χ2v) is 7.03. The SMILES string of the molecule is CCOc1cc(CN[C@H](C)c2ccccc2)cc(Cl)c1OCc1ccccc1. The summed E-state index contributed by atoms with van der Waals surface area (Å²) >= 11 is 6.54. The van der Waals surface area contributed by atoms with Crippen molar-refractivity contribution in [1.82, 2.24) is 5.32 Å². The Bertz CT molecular complexity index is 869. The van der Waals surface area contributed by atoms with Gasteiger partial charge in [-0.2, -0.15) is 0 Å². The van der Waals surface area contributed by atoms with E-state index in [1.165, 1.54) is 5.56 Å². The maximum Gasteiger partial charge on any atom is 0.180 e. The van der Waals surface area contributed by atoms with E-state index in [1.54, 1.807) is 0 Å². The monoisotopic (exact) mass is 395 g/mol. The second-order valence-electron chi connectivity index (χ2n) is 6.63. The van der Waals surface area contributed by atoms with Crippen molar-refractivity contribution in [3.63, 3.8) is 0 Å². The molecule has 0 amide bonds. The van der Waals surface area contributed by atoms with Gasteiger partial charge in [-0.3, -0.25) is 0 Å². The first-order valence-electron chi connectivity index (χ1n) is 9.57. The predicted molar refractivity (Wildman–Crippen MR) is 115 cm³/mol. The third kappa shape index (κ3) is 5.51. The minimum Gasteiger partial charge on any atom is -0.490 e. The van der Waals surface area contributed by atoms with Gasteiger partial charge in [0, 0.05) is 12.6 Å². The molecule has 1 N–H and O–H groups in total. The van der Waals surface area contributed by atoms with Crippen molar-refractivity contribution in [3.05, 3.63) is 94.5 Å². The highest BCUT2D eigenvalue weighted by molar-refractivity contribution is 6.32. The van der Waals surface area contributed by atoms with Crippen LogP contribution in [0.5, 0.6) is 11.5 Å². The van der Waals surface area contributed by atoms with E-state index in [-0.39, 0.29) is 6.04 Å². The molecule has 28 heavy (non-hydrogen) atoms. The molecule has 3 rings (SSSR count). The fraction of sp³-hybridized carbons (Fsp3) is 0.250. The van der Waals surface area contributed by atoms with Gasteiger partial charge < -0.3 is 14.8 Å². The molecule has 0 heterocycles. The van der Waals surface area contributed by atoms with E-state index in [9.17, 15) is 0 Å². The summed E-state index contributed by atoms with van der Waals surface area (Å²) in [5, 5.41) is 4.10. The summed E-state index contributed by atoms with van der Waals surface area (Å²) in [4.78, 5) is 0. The molecule has 3 aromatic rings. The Kier molecular flexibility index (Phi) is 7.35. The molecule has 1 atom stereocenters. The van der Waals surface area contributed by atoms with Crippen molar-refractivity contribution >= 4 is 11.6 Å². The Morgan fingerprint density at radius 3 is 2.25 bits per heavy atom. The maximum atomic E-state index is 6.54. The van der Waals surface area contributed by atoms with Crippen LogP contribution in [0.1, 0.15) is 36.6 Å². The molecule has 0 saturated carbocycles. The zero-order valence-electron chi connectivity index (χ0n) is 16.3. The van der Waals surface area contributed by atoms with Crippen LogP contribution in [-0.2, 0) is 13.2 Å². The Morgan fingerprint density at radius 2 is 1.57 bits per heavy atom. The molecule has 0 aliphatic rings. The fourth-order valence-electron chi connectivity index (χ4n) is 2.99. The Balaban J connectivity index is 1.71. The first-order chi connectivity index (χ1) is 13.7. The molecule has 0 aliphatic carbocycles. The summed E-state index contributed by atoms with van der Waals surface area (Å²) in [6, 6.07) is 24.6. The molecule has 0 bridgehead atoms. The lowest BCUT2D eigenvalue weighted by atomic mass is 10.1. The van der Waals surface area contributed by atoms with Gasteiger partial charge in [-0.05, 0) is 42.7 Å².